The Bertz CT molecular complexity index is 647. The van der Waals surface area contributed by atoms with Gasteiger partial charge in [-0.2, -0.15) is 0 Å². The molecule has 0 spiro atoms. The highest BCUT2D eigenvalue weighted by Gasteiger charge is 2.07. The first-order valence-electron chi connectivity index (χ1n) is 6.68. The molecule has 2 aromatic carbocycles. The molecule has 0 aromatic heterocycles. The van der Waals surface area contributed by atoms with Gasteiger partial charge in [0.05, 0.1) is 6.42 Å². The number of nitrogens with two attached hydrogens (primary N) is 1. The average molecular weight is 268 g/mol. The maximum atomic E-state index is 12.1. The Labute approximate surface area is 119 Å². The van der Waals surface area contributed by atoms with Crippen molar-refractivity contribution in [3.8, 4) is 0 Å². The van der Waals surface area contributed by atoms with Gasteiger partial charge < -0.3 is 11.1 Å². The lowest BCUT2D eigenvalue weighted by Gasteiger charge is -2.09. The van der Waals surface area contributed by atoms with E-state index in [-0.39, 0.29) is 5.91 Å². The summed E-state index contributed by atoms with van der Waals surface area (Å²) in [7, 11) is 0. The molecule has 0 radical (unpaired) electrons. The molecule has 0 fully saturated rings. The van der Waals surface area contributed by atoms with Crippen LogP contribution in [0.5, 0.6) is 0 Å². The molecule has 1 amide bonds. The van der Waals surface area contributed by atoms with Crippen LogP contribution in [-0.2, 0) is 11.2 Å². The predicted molar refractivity (Wildman–Crippen MR) is 83.8 cm³/mol. The van der Waals surface area contributed by atoms with E-state index in [2.05, 4.69) is 17.4 Å². The number of aryl methyl sites for hydroxylation is 3. The maximum absolute atomic E-state index is 12.1. The number of nitrogen functional groups attached to an aromatic ring is 1. The Kier molecular flexibility index (Phi) is 4.08. The molecule has 0 atom stereocenters. The summed E-state index contributed by atoms with van der Waals surface area (Å²) in [6.07, 6.45) is 0.376. The molecule has 3 heteroatoms. The van der Waals surface area contributed by atoms with E-state index in [1.165, 1.54) is 0 Å². The van der Waals surface area contributed by atoms with Gasteiger partial charge in [-0.15, -0.1) is 0 Å². The summed E-state index contributed by atoms with van der Waals surface area (Å²) in [4.78, 5) is 12.1. The largest absolute Gasteiger partial charge is 0.398 e. The highest BCUT2D eigenvalue weighted by Crippen LogP contribution is 2.18. The first kappa shape index (κ1) is 14.1. The molecular formula is C17H20N2O. The van der Waals surface area contributed by atoms with Gasteiger partial charge in [0.15, 0.2) is 0 Å². The van der Waals surface area contributed by atoms with Gasteiger partial charge >= 0.3 is 0 Å². The van der Waals surface area contributed by atoms with E-state index in [1.54, 1.807) is 6.07 Å². The van der Waals surface area contributed by atoms with Crippen LogP contribution in [0.4, 0.5) is 11.4 Å². The van der Waals surface area contributed by atoms with Crippen LogP contribution in [0.1, 0.15) is 22.3 Å². The van der Waals surface area contributed by atoms with Crippen molar-refractivity contribution in [2.24, 2.45) is 0 Å². The molecule has 104 valence electrons. The van der Waals surface area contributed by atoms with E-state index in [1.807, 2.05) is 39.0 Å². The van der Waals surface area contributed by atoms with Gasteiger partial charge in [-0.05, 0) is 49.6 Å². The van der Waals surface area contributed by atoms with Gasteiger partial charge in [0, 0.05) is 11.4 Å². The number of amides is 1. The van der Waals surface area contributed by atoms with Crippen molar-refractivity contribution in [1.82, 2.24) is 0 Å². The third-order valence-corrected chi connectivity index (χ3v) is 3.42. The summed E-state index contributed by atoms with van der Waals surface area (Å²) in [6, 6.07) is 11.7. The molecule has 0 unspecified atom stereocenters. The van der Waals surface area contributed by atoms with E-state index in [4.69, 9.17) is 5.73 Å². The minimum Gasteiger partial charge on any atom is -0.398 e. The van der Waals surface area contributed by atoms with Crippen LogP contribution in [-0.4, -0.2) is 5.91 Å². The number of benzene rings is 2. The lowest BCUT2D eigenvalue weighted by atomic mass is 10.0. The highest BCUT2D eigenvalue weighted by atomic mass is 16.1. The Hall–Kier alpha value is -2.29. The summed E-state index contributed by atoms with van der Waals surface area (Å²) in [6.45, 7) is 5.99. The second-order valence-corrected chi connectivity index (χ2v) is 5.23. The monoisotopic (exact) mass is 268 g/mol. The fourth-order valence-corrected chi connectivity index (χ4v) is 2.09. The molecule has 0 aliphatic rings. The number of anilines is 2. The summed E-state index contributed by atoms with van der Waals surface area (Å²) in [5, 5.41) is 2.89. The summed E-state index contributed by atoms with van der Waals surface area (Å²) < 4.78 is 0. The zero-order chi connectivity index (χ0) is 14.7. The minimum absolute atomic E-state index is 0.0260. The van der Waals surface area contributed by atoms with Crippen molar-refractivity contribution in [1.29, 1.82) is 0 Å². The van der Waals surface area contributed by atoms with Crippen molar-refractivity contribution >= 4 is 17.3 Å². The maximum Gasteiger partial charge on any atom is 0.228 e. The Morgan fingerprint density at radius 1 is 1.05 bits per heavy atom. The average Bonchev–Trinajstić information content (AvgIpc) is 2.38. The first-order chi connectivity index (χ1) is 9.45. The standard InChI is InChI=1S/C17H20N2O/c1-11-4-5-12(2)14(8-11)9-17(20)19-15-7-6-13(3)16(18)10-15/h4-8,10H,9,18H2,1-3H3,(H,19,20). The van der Waals surface area contributed by atoms with E-state index in [0.717, 1.165) is 27.9 Å². The summed E-state index contributed by atoms with van der Waals surface area (Å²) >= 11 is 0. The fourth-order valence-electron chi connectivity index (χ4n) is 2.09. The minimum atomic E-state index is -0.0260. The third-order valence-electron chi connectivity index (χ3n) is 3.42. The summed E-state index contributed by atoms with van der Waals surface area (Å²) in [5.41, 5.74) is 11.6. The van der Waals surface area contributed by atoms with Crippen molar-refractivity contribution in [3.63, 3.8) is 0 Å². The number of hydrogen-bond acceptors (Lipinski definition) is 2. The van der Waals surface area contributed by atoms with E-state index < -0.39 is 0 Å². The van der Waals surface area contributed by atoms with Crippen LogP contribution in [0.3, 0.4) is 0 Å². The Balaban J connectivity index is 2.09. The number of carbonyl (C=O) groups excluding carboxylic acids is 1. The molecule has 3 nitrogen and oxygen atoms in total. The second kappa shape index (κ2) is 5.78. The molecule has 0 saturated heterocycles. The molecule has 3 N–H and O–H groups in total. The van der Waals surface area contributed by atoms with E-state index >= 15 is 0 Å². The van der Waals surface area contributed by atoms with Gasteiger partial charge in [0.1, 0.15) is 0 Å². The van der Waals surface area contributed by atoms with Crippen molar-refractivity contribution < 1.29 is 4.79 Å². The van der Waals surface area contributed by atoms with Crippen molar-refractivity contribution in [2.75, 3.05) is 11.1 Å². The van der Waals surface area contributed by atoms with Crippen molar-refractivity contribution in [2.45, 2.75) is 27.2 Å². The Morgan fingerprint density at radius 3 is 2.45 bits per heavy atom. The normalized spacial score (nSPS) is 10.3. The lowest BCUT2D eigenvalue weighted by molar-refractivity contribution is -0.115. The van der Waals surface area contributed by atoms with Crippen LogP contribution >= 0.6 is 0 Å². The lowest BCUT2D eigenvalue weighted by Crippen LogP contribution is -2.15. The van der Waals surface area contributed by atoms with Crippen molar-refractivity contribution in [3.05, 3.63) is 58.7 Å². The van der Waals surface area contributed by atoms with Gasteiger partial charge in [-0.25, -0.2) is 0 Å². The fraction of sp³-hybridized carbons (Fsp3) is 0.235. The quantitative estimate of drug-likeness (QED) is 0.838. The molecule has 0 bridgehead atoms. The molecule has 0 heterocycles. The second-order valence-electron chi connectivity index (χ2n) is 5.23. The van der Waals surface area contributed by atoms with Gasteiger partial charge in [0.25, 0.3) is 0 Å². The third kappa shape index (κ3) is 3.38. The molecule has 0 aliphatic carbocycles. The smallest absolute Gasteiger partial charge is 0.228 e. The zero-order valence-electron chi connectivity index (χ0n) is 12.2. The number of nitrogens with one attached hydrogen (secondary N) is 1. The van der Waals surface area contributed by atoms with Crippen LogP contribution in [0.2, 0.25) is 0 Å². The number of carbonyl (C=O) groups is 1. The molecule has 0 saturated carbocycles. The summed E-state index contributed by atoms with van der Waals surface area (Å²) in [5.74, 6) is -0.0260. The number of rotatable bonds is 3. The molecule has 2 aromatic rings. The van der Waals surface area contributed by atoms with Gasteiger partial charge in [-0.3, -0.25) is 4.79 Å². The van der Waals surface area contributed by atoms with Crippen LogP contribution in [0.25, 0.3) is 0 Å². The van der Waals surface area contributed by atoms with Crippen LogP contribution < -0.4 is 11.1 Å². The topological polar surface area (TPSA) is 55.1 Å². The molecular weight excluding hydrogens is 248 g/mol. The van der Waals surface area contributed by atoms with E-state index in [0.29, 0.717) is 12.1 Å². The predicted octanol–water partition coefficient (Wildman–Crippen LogP) is 3.38. The molecule has 2 rings (SSSR count). The highest BCUT2D eigenvalue weighted by molar-refractivity contribution is 5.93. The first-order valence-corrected chi connectivity index (χ1v) is 6.68. The molecule has 20 heavy (non-hydrogen) atoms. The van der Waals surface area contributed by atoms with Gasteiger partial charge in [0.2, 0.25) is 5.91 Å². The molecule has 0 aliphatic heterocycles. The van der Waals surface area contributed by atoms with Gasteiger partial charge in [-0.1, -0.05) is 29.8 Å². The van der Waals surface area contributed by atoms with Crippen LogP contribution in [0, 0.1) is 20.8 Å². The van der Waals surface area contributed by atoms with E-state index in [9.17, 15) is 4.79 Å². The zero-order valence-corrected chi connectivity index (χ0v) is 12.2. The van der Waals surface area contributed by atoms with Crippen LogP contribution in [0.15, 0.2) is 36.4 Å². The SMILES string of the molecule is Cc1ccc(C)c(CC(=O)Nc2ccc(C)c(N)c2)c1. The number of hydrogen-bond donors (Lipinski definition) is 2. The Morgan fingerprint density at radius 2 is 1.75 bits per heavy atom.